The van der Waals surface area contributed by atoms with E-state index in [9.17, 15) is 15.0 Å². The summed E-state index contributed by atoms with van der Waals surface area (Å²) in [6.07, 6.45) is 17.0. The Labute approximate surface area is 198 Å². The molecular weight excluding hydrogens is 412 g/mol. The fraction of sp³-hybridized carbons (Fsp3) is 0.429. The minimum Gasteiger partial charge on any atom is -0.506 e. The number of aryl methyl sites for hydroxylation is 1. The summed E-state index contributed by atoms with van der Waals surface area (Å²) < 4.78 is 0. The Kier molecular flexibility index (Phi) is 9.42. The molecule has 5 heteroatoms. The van der Waals surface area contributed by atoms with Crippen molar-refractivity contribution < 1.29 is 15.0 Å². The molecule has 178 valence electrons. The van der Waals surface area contributed by atoms with Crippen LogP contribution in [-0.2, 0) is 17.9 Å². The number of hydrogen-bond acceptors (Lipinski definition) is 4. The lowest BCUT2D eigenvalue weighted by atomic mass is 9.72. The van der Waals surface area contributed by atoms with E-state index >= 15 is 0 Å². The van der Waals surface area contributed by atoms with Gasteiger partial charge in [-0.05, 0) is 63.5 Å². The first-order chi connectivity index (χ1) is 15.5. The van der Waals surface area contributed by atoms with E-state index in [1.54, 1.807) is 6.92 Å². The summed E-state index contributed by atoms with van der Waals surface area (Å²) >= 11 is 0. The van der Waals surface area contributed by atoms with Gasteiger partial charge in [0.15, 0.2) is 0 Å². The maximum Gasteiger partial charge on any atom is 0.244 e. The number of nitrogens with zero attached hydrogens (tertiary/aromatic N) is 1. The van der Waals surface area contributed by atoms with Crippen molar-refractivity contribution in [3.05, 3.63) is 81.8 Å². The van der Waals surface area contributed by atoms with E-state index < -0.39 is 0 Å². The highest BCUT2D eigenvalue weighted by atomic mass is 16.3. The molecule has 0 aliphatic heterocycles. The van der Waals surface area contributed by atoms with Crippen LogP contribution in [0.3, 0.4) is 0 Å². The third-order valence-electron chi connectivity index (χ3n) is 6.17. The maximum absolute atomic E-state index is 12.3. The van der Waals surface area contributed by atoms with Crippen molar-refractivity contribution in [1.82, 2.24) is 10.3 Å². The molecule has 1 aliphatic carbocycles. The van der Waals surface area contributed by atoms with E-state index in [-0.39, 0.29) is 30.2 Å². The second-order valence-corrected chi connectivity index (χ2v) is 9.49. The van der Waals surface area contributed by atoms with Gasteiger partial charge in [-0.3, -0.25) is 9.78 Å². The smallest absolute Gasteiger partial charge is 0.244 e. The number of aliphatic hydroxyl groups is 1. The minimum absolute atomic E-state index is 0.00122. The second-order valence-electron chi connectivity index (χ2n) is 9.49. The monoisotopic (exact) mass is 450 g/mol. The first-order valence-corrected chi connectivity index (χ1v) is 11.5. The van der Waals surface area contributed by atoms with Gasteiger partial charge in [-0.15, -0.1) is 0 Å². The Hall–Kier alpha value is -2.92. The molecule has 0 fully saturated rings. The van der Waals surface area contributed by atoms with Crippen molar-refractivity contribution in [3.8, 4) is 5.75 Å². The zero-order valence-corrected chi connectivity index (χ0v) is 20.8. The number of aromatic nitrogens is 1. The summed E-state index contributed by atoms with van der Waals surface area (Å²) in [7, 11) is 0. The Morgan fingerprint density at radius 1 is 1.21 bits per heavy atom. The van der Waals surface area contributed by atoms with Gasteiger partial charge in [-0.25, -0.2) is 0 Å². The molecule has 0 saturated heterocycles. The quantitative estimate of drug-likeness (QED) is 0.349. The number of amides is 1. The molecule has 1 aliphatic rings. The predicted molar refractivity (Wildman–Crippen MR) is 135 cm³/mol. The lowest BCUT2D eigenvalue weighted by Gasteiger charge is -2.32. The van der Waals surface area contributed by atoms with E-state index in [0.717, 1.165) is 11.1 Å². The largest absolute Gasteiger partial charge is 0.506 e. The normalized spacial score (nSPS) is 17.3. The van der Waals surface area contributed by atoms with Crippen LogP contribution in [0.15, 0.2) is 64.9 Å². The summed E-state index contributed by atoms with van der Waals surface area (Å²) in [4.78, 5) is 16.3. The van der Waals surface area contributed by atoms with Crippen LogP contribution in [0, 0.1) is 12.3 Å². The summed E-state index contributed by atoms with van der Waals surface area (Å²) in [6.45, 7) is 12.3. The fourth-order valence-electron chi connectivity index (χ4n) is 4.13. The zero-order valence-electron chi connectivity index (χ0n) is 20.8. The molecule has 0 aromatic carbocycles. The van der Waals surface area contributed by atoms with Crippen molar-refractivity contribution in [2.45, 2.75) is 74.0 Å². The number of nitrogens with one attached hydrogen (secondary N) is 1. The van der Waals surface area contributed by atoms with Gasteiger partial charge >= 0.3 is 0 Å². The number of aliphatic hydroxyl groups excluding tert-OH is 1. The average Bonchev–Trinajstić information content (AvgIpc) is 2.73. The summed E-state index contributed by atoms with van der Waals surface area (Å²) in [5.74, 6) is -0.267. The Bertz CT molecular complexity index is 1020. The SMILES string of the molecule is CC(C=CC1=C(C)CCCC1(C)C)=CC=CC(C)=CC(=O)NCc1c(CO)cnc(C)c1O. The number of pyridine rings is 1. The van der Waals surface area contributed by atoms with Crippen molar-refractivity contribution >= 4 is 5.91 Å². The van der Waals surface area contributed by atoms with E-state index in [4.69, 9.17) is 0 Å². The highest BCUT2D eigenvalue weighted by Crippen LogP contribution is 2.40. The molecule has 0 saturated carbocycles. The van der Waals surface area contributed by atoms with Crippen LogP contribution in [0.4, 0.5) is 0 Å². The van der Waals surface area contributed by atoms with Gasteiger partial charge in [0.1, 0.15) is 5.75 Å². The first-order valence-electron chi connectivity index (χ1n) is 11.5. The van der Waals surface area contributed by atoms with Crippen LogP contribution >= 0.6 is 0 Å². The molecule has 1 aromatic heterocycles. The predicted octanol–water partition coefficient (Wildman–Crippen LogP) is 5.74. The molecule has 0 unspecified atom stereocenters. The van der Waals surface area contributed by atoms with Crippen LogP contribution < -0.4 is 5.32 Å². The Morgan fingerprint density at radius 2 is 1.94 bits per heavy atom. The standard InChI is InChI=1S/C28H38N2O3/c1-19(12-13-25-21(3)11-8-14-28(25,5)6)9-7-10-20(2)15-26(32)30-17-24-23(18-31)16-29-22(4)27(24)33/h7,9-10,12-13,15-16,31,33H,8,11,14,17-18H2,1-6H3,(H,30,32). The molecular formula is C28H38N2O3. The summed E-state index contributed by atoms with van der Waals surface area (Å²) in [6, 6.07) is 0. The molecule has 1 aromatic rings. The van der Waals surface area contributed by atoms with Gasteiger partial charge in [0.25, 0.3) is 0 Å². The van der Waals surface area contributed by atoms with E-state index in [1.807, 2.05) is 25.2 Å². The summed E-state index contributed by atoms with van der Waals surface area (Å²) in [5, 5.41) is 22.4. The number of allylic oxidation sites excluding steroid dienone is 9. The van der Waals surface area contributed by atoms with Crippen LogP contribution in [0.1, 0.15) is 70.7 Å². The lowest BCUT2D eigenvalue weighted by Crippen LogP contribution is -2.21. The highest BCUT2D eigenvalue weighted by Gasteiger charge is 2.26. The summed E-state index contributed by atoms with van der Waals surface area (Å²) in [5.41, 5.74) is 6.55. The fourth-order valence-corrected chi connectivity index (χ4v) is 4.13. The molecule has 2 rings (SSSR count). The number of rotatable bonds is 8. The van der Waals surface area contributed by atoms with Gasteiger partial charge in [-0.2, -0.15) is 0 Å². The molecule has 0 atom stereocenters. The van der Waals surface area contributed by atoms with Crippen molar-refractivity contribution in [1.29, 1.82) is 0 Å². The molecule has 0 bridgehead atoms. The van der Waals surface area contributed by atoms with Crippen molar-refractivity contribution in [3.63, 3.8) is 0 Å². The molecule has 0 spiro atoms. The number of hydrogen-bond donors (Lipinski definition) is 3. The van der Waals surface area contributed by atoms with Crippen molar-refractivity contribution in [2.24, 2.45) is 5.41 Å². The van der Waals surface area contributed by atoms with Gasteiger partial charge in [0.05, 0.1) is 12.3 Å². The molecule has 1 heterocycles. The van der Waals surface area contributed by atoms with Gasteiger partial charge in [0.2, 0.25) is 5.91 Å². The number of carbonyl (C=O) groups excluding carboxylic acids is 1. The van der Waals surface area contributed by atoms with E-state index in [2.05, 4.69) is 50.1 Å². The molecule has 5 nitrogen and oxygen atoms in total. The zero-order chi connectivity index (χ0) is 24.6. The third kappa shape index (κ3) is 7.57. The average molecular weight is 451 g/mol. The Morgan fingerprint density at radius 3 is 2.61 bits per heavy atom. The van der Waals surface area contributed by atoms with E-state index in [0.29, 0.717) is 16.8 Å². The van der Waals surface area contributed by atoms with Gasteiger partial charge in [-0.1, -0.05) is 55.4 Å². The molecule has 33 heavy (non-hydrogen) atoms. The van der Waals surface area contributed by atoms with Crippen LogP contribution in [-0.4, -0.2) is 21.1 Å². The second kappa shape index (κ2) is 11.8. The topological polar surface area (TPSA) is 82.5 Å². The third-order valence-corrected chi connectivity index (χ3v) is 6.17. The van der Waals surface area contributed by atoms with Crippen LogP contribution in [0.25, 0.3) is 0 Å². The van der Waals surface area contributed by atoms with Gasteiger partial charge in [0, 0.05) is 29.9 Å². The Balaban J connectivity index is 1.97. The highest BCUT2D eigenvalue weighted by molar-refractivity contribution is 5.88. The molecule has 3 N–H and O–H groups in total. The molecule has 1 amide bonds. The minimum atomic E-state index is -0.266. The van der Waals surface area contributed by atoms with Crippen molar-refractivity contribution in [2.75, 3.05) is 0 Å². The van der Waals surface area contributed by atoms with Gasteiger partial charge < -0.3 is 15.5 Å². The number of carbonyl (C=O) groups is 1. The van der Waals surface area contributed by atoms with Crippen LogP contribution in [0.5, 0.6) is 5.75 Å². The number of aromatic hydroxyl groups is 1. The first kappa shape index (κ1) is 26.3. The van der Waals surface area contributed by atoms with Crippen LogP contribution in [0.2, 0.25) is 0 Å². The molecule has 0 radical (unpaired) electrons. The van der Waals surface area contributed by atoms with E-state index in [1.165, 1.54) is 42.7 Å². The maximum atomic E-state index is 12.3. The lowest BCUT2D eigenvalue weighted by molar-refractivity contribution is -0.116.